The number of aromatic nitrogens is 4. The molecular formula is C20H25BrN6S. The Labute approximate surface area is 179 Å². The molecule has 3 rings (SSSR count). The normalized spacial score (nSPS) is 10.9. The van der Waals surface area contributed by atoms with Gasteiger partial charge in [-0.1, -0.05) is 24.3 Å². The molecule has 0 saturated carbocycles. The van der Waals surface area contributed by atoms with Gasteiger partial charge in [0.2, 0.25) is 0 Å². The lowest BCUT2D eigenvalue weighted by Crippen LogP contribution is -2.30. The van der Waals surface area contributed by atoms with Gasteiger partial charge in [-0.05, 0) is 66.5 Å². The summed E-state index contributed by atoms with van der Waals surface area (Å²) < 4.78 is 4.93. The van der Waals surface area contributed by atoms with Gasteiger partial charge in [0, 0.05) is 19.3 Å². The molecule has 0 atom stereocenters. The Bertz CT molecular complexity index is 962. The third-order valence-electron chi connectivity index (χ3n) is 4.65. The van der Waals surface area contributed by atoms with Gasteiger partial charge < -0.3 is 10.6 Å². The monoisotopic (exact) mass is 460 g/mol. The van der Waals surface area contributed by atoms with Gasteiger partial charge in [0.1, 0.15) is 0 Å². The highest BCUT2D eigenvalue weighted by Gasteiger charge is 2.13. The van der Waals surface area contributed by atoms with E-state index in [0.717, 1.165) is 47.6 Å². The zero-order chi connectivity index (χ0) is 20.1. The highest BCUT2D eigenvalue weighted by atomic mass is 79.9. The molecule has 0 amide bonds. The van der Waals surface area contributed by atoms with Gasteiger partial charge in [-0.3, -0.25) is 9.36 Å². The Hall–Kier alpha value is -2.19. The summed E-state index contributed by atoms with van der Waals surface area (Å²) in [6.07, 6.45) is 4.69. The fourth-order valence-corrected chi connectivity index (χ4v) is 3.57. The molecule has 2 aromatic heterocycles. The van der Waals surface area contributed by atoms with Crippen LogP contribution < -0.4 is 10.6 Å². The summed E-state index contributed by atoms with van der Waals surface area (Å²) >= 11 is 8.86. The van der Waals surface area contributed by atoms with Gasteiger partial charge in [-0.2, -0.15) is 10.2 Å². The minimum Gasteiger partial charge on any atom is -0.362 e. The Morgan fingerprint density at radius 1 is 1.21 bits per heavy atom. The number of halogens is 1. The van der Waals surface area contributed by atoms with Crippen molar-refractivity contribution < 1.29 is 0 Å². The molecule has 2 heterocycles. The van der Waals surface area contributed by atoms with Gasteiger partial charge in [0.15, 0.2) is 5.11 Å². The number of anilines is 1. The summed E-state index contributed by atoms with van der Waals surface area (Å²) in [6.45, 7) is 8.56. The average molecular weight is 461 g/mol. The number of nitrogens with one attached hydrogen (secondary N) is 2. The molecule has 0 aliphatic carbocycles. The van der Waals surface area contributed by atoms with Crippen molar-refractivity contribution in [2.45, 2.75) is 40.3 Å². The smallest absolute Gasteiger partial charge is 0.170 e. The standard InChI is InChI=1S/C20H25BrN6S/c1-14-7-4-5-8-17(14)12-27-16(3)19(15(2)25-27)24-20(28)22-9-6-10-26-13-18(21)11-23-26/h4-5,7-8,11,13H,6,9-10,12H2,1-3H3,(H2,22,24,28). The van der Waals surface area contributed by atoms with E-state index in [0.29, 0.717) is 5.11 Å². The van der Waals surface area contributed by atoms with Crippen molar-refractivity contribution in [2.75, 3.05) is 11.9 Å². The second-order valence-electron chi connectivity index (χ2n) is 6.79. The van der Waals surface area contributed by atoms with Crippen molar-refractivity contribution in [1.82, 2.24) is 24.9 Å². The molecule has 0 bridgehead atoms. The number of aryl methyl sites for hydroxylation is 3. The SMILES string of the molecule is Cc1ccccc1Cn1nc(C)c(NC(=S)NCCCn2cc(Br)cn2)c1C. The zero-order valence-electron chi connectivity index (χ0n) is 16.4. The second-order valence-corrected chi connectivity index (χ2v) is 8.11. The maximum absolute atomic E-state index is 5.46. The number of rotatable bonds is 7. The van der Waals surface area contributed by atoms with E-state index >= 15 is 0 Å². The van der Waals surface area contributed by atoms with Crippen LogP contribution in [-0.4, -0.2) is 31.2 Å². The predicted octanol–water partition coefficient (Wildman–Crippen LogP) is 4.19. The van der Waals surface area contributed by atoms with Crippen LogP contribution in [0.1, 0.15) is 28.9 Å². The molecule has 0 fully saturated rings. The van der Waals surface area contributed by atoms with Crippen LogP contribution in [0.4, 0.5) is 5.69 Å². The second kappa shape index (κ2) is 9.34. The minimum absolute atomic E-state index is 0.614. The first kappa shape index (κ1) is 20.5. The molecule has 0 aliphatic heterocycles. The fourth-order valence-electron chi connectivity index (χ4n) is 3.04. The summed E-state index contributed by atoms with van der Waals surface area (Å²) in [7, 11) is 0. The van der Waals surface area contributed by atoms with E-state index in [1.165, 1.54) is 11.1 Å². The third-order valence-corrected chi connectivity index (χ3v) is 5.31. The molecule has 28 heavy (non-hydrogen) atoms. The first-order chi connectivity index (χ1) is 13.4. The van der Waals surface area contributed by atoms with Crippen molar-refractivity contribution in [3.05, 3.63) is 63.6 Å². The molecule has 0 radical (unpaired) electrons. The largest absolute Gasteiger partial charge is 0.362 e. The lowest BCUT2D eigenvalue weighted by atomic mass is 10.1. The van der Waals surface area contributed by atoms with Crippen LogP contribution in [0.5, 0.6) is 0 Å². The van der Waals surface area contributed by atoms with Gasteiger partial charge >= 0.3 is 0 Å². The molecule has 2 N–H and O–H groups in total. The van der Waals surface area contributed by atoms with Crippen LogP contribution in [0.15, 0.2) is 41.1 Å². The summed E-state index contributed by atoms with van der Waals surface area (Å²) in [5.74, 6) is 0. The van der Waals surface area contributed by atoms with Crippen molar-refractivity contribution in [3.8, 4) is 0 Å². The fraction of sp³-hybridized carbons (Fsp3) is 0.350. The lowest BCUT2D eigenvalue weighted by molar-refractivity contribution is 0.573. The lowest BCUT2D eigenvalue weighted by Gasteiger charge is -2.12. The van der Waals surface area contributed by atoms with Crippen LogP contribution in [0.25, 0.3) is 0 Å². The topological polar surface area (TPSA) is 59.7 Å². The van der Waals surface area contributed by atoms with E-state index in [9.17, 15) is 0 Å². The third kappa shape index (κ3) is 5.20. The zero-order valence-corrected chi connectivity index (χ0v) is 18.8. The van der Waals surface area contributed by atoms with E-state index in [-0.39, 0.29) is 0 Å². The molecule has 1 aromatic carbocycles. The number of benzene rings is 1. The summed E-state index contributed by atoms with van der Waals surface area (Å²) in [4.78, 5) is 0. The number of nitrogens with zero attached hydrogens (tertiary/aromatic N) is 4. The van der Waals surface area contributed by atoms with Crippen LogP contribution in [-0.2, 0) is 13.1 Å². The van der Waals surface area contributed by atoms with Crippen LogP contribution in [0, 0.1) is 20.8 Å². The molecule has 0 spiro atoms. The number of hydrogen-bond donors (Lipinski definition) is 2. The van der Waals surface area contributed by atoms with Gasteiger partial charge in [-0.25, -0.2) is 0 Å². The van der Waals surface area contributed by atoms with Crippen molar-refractivity contribution >= 4 is 38.9 Å². The van der Waals surface area contributed by atoms with Crippen LogP contribution in [0.2, 0.25) is 0 Å². The molecule has 6 nitrogen and oxygen atoms in total. The van der Waals surface area contributed by atoms with Gasteiger partial charge in [-0.15, -0.1) is 0 Å². The number of thiocarbonyl (C=S) groups is 1. The van der Waals surface area contributed by atoms with Crippen molar-refractivity contribution in [2.24, 2.45) is 0 Å². The minimum atomic E-state index is 0.614. The Morgan fingerprint density at radius 3 is 2.71 bits per heavy atom. The molecule has 0 unspecified atom stereocenters. The van der Waals surface area contributed by atoms with Gasteiger partial charge in [0.25, 0.3) is 0 Å². The summed E-state index contributed by atoms with van der Waals surface area (Å²) in [5, 5.41) is 16.1. The maximum atomic E-state index is 5.46. The molecular weight excluding hydrogens is 436 g/mol. The first-order valence-electron chi connectivity index (χ1n) is 9.25. The van der Waals surface area contributed by atoms with E-state index in [2.05, 4.69) is 74.9 Å². The van der Waals surface area contributed by atoms with Crippen LogP contribution >= 0.6 is 28.1 Å². The highest BCUT2D eigenvalue weighted by Crippen LogP contribution is 2.21. The predicted molar refractivity (Wildman–Crippen MR) is 121 cm³/mol. The van der Waals surface area contributed by atoms with Crippen molar-refractivity contribution in [1.29, 1.82) is 0 Å². The Morgan fingerprint density at radius 2 is 2.00 bits per heavy atom. The molecule has 3 aromatic rings. The van der Waals surface area contributed by atoms with E-state index in [1.807, 2.05) is 22.5 Å². The summed E-state index contributed by atoms with van der Waals surface area (Å²) in [6, 6.07) is 8.39. The number of hydrogen-bond acceptors (Lipinski definition) is 3. The quantitative estimate of drug-likeness (QED) is 0.408. The van der Waals surface area contributed by atoms with E-state index in [4.69, 9.17) is 12.2 Å². The molecule has 8 heteroatoms. The van der Waals surface area contributed by atoms with E-state index < -0.39 is 0 Å². The van der Waals surface area contributed by atoms with Gasteiger partial charge in [0.05, 0.1) is 34.3 Å². The first-order valence-corrected chi connectivity index (χ1v) is 10.5. The molecule has 148 valence electrons. The highest BCUT2D eigenvalue weighted by molar-refractivity contribution is 9.10. The Balaban J connectivity index is 1.54. The molecule has 0 aliphatic rings. The van der Waals surface area contributed by atoms with E-state index in [1.54, 1.807) is 6.20 Å². The average Bonchev–Trinajstić information content (AvgIpc) is 3.19. The van der Waals surface area contributed by atoms with Crippen molar-refractivity contribution in [3.63, 3.8) is 0 Å². The Kier molecular flexibility index (Phi) is 6.85. The summed E-state index contributed by atoms with van der Waals surface area (Å²) in [5.41, 5.74) is 5.53. The van der Waals surface area contributed by atoms with Crippen LogP contribution in [0.3, 0.4) is 0 Å². The maximum Gasteiger partial charge on any atom is 0.170 e. The molecule has 0 saturated heterocycles.